The van der Waals surface area contributed by atoms with Crippen molar-refractivity contribution >= 4 is 46.0 Å². The lowest BCUT2D eigenvalue weighted by molar-refractivity contribution is 0.854. The molecule has 2 aliphatic rings. The number of nitrogens with one attached hydrogen (secondary N) is 1. The Hall–Kier alpha value is -6.69. The van der Waals surface area contributed by atoms with E-state index in [2.05, 4.69) is 151 Å². The monoisotopic (exact) mass is 740 g/mol. The van der Waals surface area contributed by atoms with Gasteiger partial charge in [0.05, 0.1) is 0 Å². The van der Waals surface area contributed by atoms with E-state index in [9.17, 15) is 0 Å². The molecule has 1 aliphatic heterocycles. The molecule has 5 heteroatoms. The minimum absolute atomic E-state index is 0.238. The van der Waals surface area contributed by atoms with Gasteiger partial charge in [0.25, 0.3) is 0 Å². The van der Waals surface area contributed by atoms with E-state index in [4.69, 9.17) is 15.0 Å². The highest BCUT2D eigenvalue weighted by molar-refractivity contribution is 7.19. The van der Waals surface area contributed by atoms with Crippen LogP contribution in [0.1, 0.15) is 42.0 Å². The third-order valence-electron chi connectivity index (χ3n) is 10.4. The Balaban J connectivity index is 1.14. The fourth-order valence-corrected chi connectivity index (χ4v) is 12.4. The first kappa shape index (κ1) is 36.3. The molecule has 1 atom stereocenters. The van der Waals surface area contributed by atoms with Gasteiger partial charge in [-0.1, -0.05) is 194 Å². The quantitative estimate of drug-likeness (QED) is 0.0821. The maximum absolute atomic E-state index is 4.93. The smallest absolute Gasteiger partial charge is 0.179 e. The molecule has 56 heavy (non-hydrogen) atoms. The van der Waals surface area contributed by atoms with Crippen LogP contribution in [0.15, 0.2) is 206 Å². The summed E-state index contributed by atoms with van der Waals surface area (Å²) in [6.07, 6.45) is 21.7. The van der Waals surface area contributed by atoms with Crippen LogP contribution in [0, 0.1) is 0 Å². The summed E-state index contributed by atoms with van der Waals surface area (Å²) in [6, 6.07) is 51.1. The molecular formula is C51H44N4Si. The minimum Gasteiger partial charge on any atom is -0.387 e. The molecule has 1 aromatic heterocycles. The van der Waals surface area contributed by atoms with Gasteiger partial charge in [0, 0.05) is 23.6 Å². The Bertz CT molecular complexity index is 2470. The molecule has 8 rings (SSSR count). The Morgan fingerprint density at radius 2 is 1.34 bits per heavy atom. The van der Waals surface area contributed by atoms with Crippen LogP contribution in [0.25, 0.3) is 28.6 Å². The van der Waals surface area contributed by atoms with E-state index in [0.29, 0.717) is 17.5 Å². The van der Waals surface area contributed by atoms with Gasteiger partial charge in [0.15, 0.2) is 25.5 Å². The number of nitrogens with zero attached hydrogens (tertiary/aromatic N) is 3. The maximum Gasteiger partial charge on any atom is 0.179 e. The van der Waals surface area contributed by atoms with Gasteiger partial charge in [-0.3, -0.25) is 0 Å². The van der Waals surface area contributed by atoms with Gasteiger partial charge in [-0.2, -0.15) is 0 Å². The van der Waals surface area contributed by atoms with E-state index in [1.807, 2.05) is 67.8 Å². The molecule has 0 bridgehead atoms. The molecule has 5 aromatic carbocycles. The zero-order valence-electron chi connectivity index (χ0n) is 31.6. The molecule has 2 heterocycles. The van der Waals surface area contributed by atoms with E-state index >= 15 is 0 Å². The molecule has 0 amide bonds. The van der Waals surface area contributed by atoms with Crippen LogP contribution in [0.4, 0.5) is 0 Å². The van der Waals surface area contributed by atoms with Crippen molar-refractivity contribution in [1.29, 1.82) is 0 Å². The van der Waals surface area contributed by atoms with Gasteiger partial charge in [-0.15, -0.1) is 0 Å². The third kappa shape index (κ3) is 7.76. The number of hydrogen-bond acceptors (Lipinski definition) is 4. The number of aromatic nitrogens is 3. The van der Waals surface area contributed by atoms with E-state index in [1.165, 1.54) is 37.4 Å². The zero-order valence-corrected chi connectivity index (χ0v) is 32.6. The lowest BCUT2D eigenvalue weighted by Gasteiger charge is -2.35. The second-order valence-electron chi connectivity index (χ2n) is 14.2. The van der Waals surface area contributed by atoms with Gasteiger partial charge in [-0.25, -0.2) is 15.0 Å². The average Bonchev–Trinajstić information content (AvgIpc) is 3.27. The molecular weight excluding hydrogens is 697 g/mol. The highest BCUT2D eigenvalue weighted by Crippen LogP contribution is 2.30. The van der Waals surface area contributed by atoms with Crippen molar-refractivity contribution in [2.75, 3.05) is 6.54 Å². The Morgan fingerprint density at radius 1 is 0.696 bits per heavy atom. The summed E-state index contributed by atoms with van der Waals surface area (Å²) in [5.41, 5.74) is 6.78. The number of hydrogen-bond donors (Lipinski definition) is 1. The molecule has 1 N–H and O–H groups in total. The molecule has 6 aromatic rings. The van der Waals surface area contributed by atoms with Gasteiger partial charge >= 0.3 is 0 Å². The van der Waals surface area contributed by atoms with E-state index in [0.717, 1.165) is 29.7 Å². The fraction of sp³-hybridized carbons (Fsp3) is 0.0784. The van der Waals surface area contributed by atoms with Crippen molar-refractivity contribution in [3.63, 3.8) is 0 Å². The molecule has 1 unspecified atom stereocenters. The first-order valence-electron chi connectivity index (χ1n) is 19.2. The summed E-state index contributed by atoms with van der Waals surface area (Å²) in [7, 11) is -2.71. The predicted octanol–water partition coefficient (Wildman–Crippen LogP) is 8.69. The lowest BCUT2D eigenvalue weighted by Crippen LogP contribution is -2.74. The summed E-state index contributed by atoms with van der Waals surface area (Å²) in [6.45, 7) is 6.74. The van der Waals surface area contributed by atoms with Crippen LogP contribution < -0.4 is 26.1 Å². The summed E-state index contributed by atoms with van der Waals surface area (Å²) in [5, 5.41) is 8.86. The Morgan fingerprint density at radius 3 is 1.98 bits per heavy atom. The van der Waals surface area contributed by atoms with Crippen molar-refractivity contribution in [1.82, 2.24) is 20.3 Å². The summed E-state index contributed by atoms with van der Waals surface area (Å²) >= 11 is 0. The number of rotatable bonds is 11. The predicted molar refractivity (Wildman–Crippen MR) is 238 cm³/mol. The first-order valence-corrected chi connectivity index (χ1v) is 21.2. The normalized spacial score (nSPS) is 15.4. The second kappa shape index (κ2) is 16.8. The first-order chi connectivity index (χ1) is 27.6. The molecule has 0 saturated carbocycles. The van der Waals surface area contributed by atoms with Crippen LogP contribution >= 0.6 is 0 Å². The molecule has 272 valence electrons. The summed E-state index contributed by atoms with van der Waals surface area (Å²) < 4.78 is 0. The Labute approximate surface area is 331 Å². The molecule has 0 fully saturated rings. The van der Waals surface area contributed by atoms with Crippen molar-refractivity contribution < 1.29 is 0 Å². The summed E-state index contributed by atoms with van der Waals surface area (Å²) in [5.74, 6) is 2.19. The van der Waals surface area contributed by atoms with Crippen LogP contribution in [-0.2, 0) is 0 Å². The van der Waals surface area contributed by atoms with Crippen molar-refractivity contribution in [3.05, 3.63) is 229 Å². The van der Waals surface area contributed by atoms with Crippen molar-refractivity contribution in [3.8, 4) is 11.4 Å². The molecule has 1 aliphatic carbocycles. The minimum atomic E-state index is -2.71. The van der Waals surface area contributed by atoms with E-state index in [1.54, 1.807) is 0 Å². The average molecular weight is 741 g/mol. The van der Waals surface area contributed by atoms with E-state index < -0.39 is 8.07 Å². The van der Waals surface area contributed by atoms with Gasteiger partial charge in [0.1, 0.15) is 0 Å². The lowest BCUT2D eigenvalue weighted by atomic mass is 9.90. The SMILES string of the molecule is C=C(C)/C=C\C=C\c1nc(C2=CCC(c3ccc([Si](c4ccccc4)(c4ccccc4)c4cccc(C5=CC=CNC5)c4)cc3)C=C2)nc(-c2ccccc2)n1. The van der Waals surface area contributed by atoms with Crippen molar-refractivity contribution in [2.24, 2.45) is 0 Å². The van der Waals surface area contributed by atoms with Crippen molar-refractivity contribution in [2.45, 2.75) is 19.3 Å². The highest BCUT2D eigenvalue weighted by Gasteiger charge is 2.41. The number of allylic oxidation sites excluding steroid dienone is 10. The zero-order chi connectivity index (χ0) is 38.2. The standard InChI is InChI=1S/C51H44N4Si/c1-38(2)16-12-13-26-49-53-50(41-17-6-3-7-18-41)55-51(54-49)42-29-27-39(28-30-42)40-31-33-47(34-32-40)56(45-21-8-4-9-22-45,46-23-10-5-11-24-46)48-25-14-19-43(36-48)44-20-15-35-52-37-44/h3-27,29-36,39,52H,1,28,37H2,2H3/b16-12-,26-13+. The fourth-order valence-electron chi connectivity index (χ4n) is 7.67. The van der Waals surface area contributed by atoms with Gasteiger partial charge in [0.2, 0.25) is 0 Å². The number of dihydropyridines is 1. The maximum atomic E-state index is 4.93. The highest BCUT2D eigenvalue weighted by atomic mass is 28.3. The van der Waals surface area contributed by atoms with Gasteiger partial charge < -0.3 is 5.32 Å². The Kier molecular flexibility index (Phi) is 10.9. The molecule has 0 radical (unpaired) electrons. The number of benzene rings is 5. The topological polar surface area (TPSA) is 50.7 Å². The van der Waals surface area contributed by atoms with Crippen LogP contribution in [0.3, 0.4) is 0 Å². The molecule has 4 nitrogen and oxygen atoms in total. The van der Waals surface area contributed by atoms with Crippen LogP contribution in [0.2, 0.25) is 0 Å². The second-order valence-corrected chi connectivity index (χ2v) is 18.1. The largest absolute Gasteiger partial charge is 0.387 e. The molecule has 0 spiro atoms. The van der Waals surface area contributed by atoms with E-state index in [-0.39, 0.29) is 5.92 Å². The molecule has 0 saturated heterocycles. The van der Waals surface area contributed by atoms with Gasteiger partial charge in [-0.05, 0) is 69.1 Å². The van der Waals surface area contributed by atoms with Crippen LogP contribution in [-0.4, -0.2) is 29.6 Å². The summed E-state index contributed by atoms with van der Waals surface area (Å²) in [4.78, 5) is 14.6. The van der Waals surface area contributed by atoms with Crippen LogP contribution in [0.5, 0.6) is 0 Å². The third-order valence-corrected chi connectivity index (χ3v) is 15.2.